The van der Waals surface area contributed by atoms with Crippen molar-refractivity contribution in [3.05, 3.63) is 137 Å². The molecule has 8 rings (SSSR count). The van der Waals surface area contributed by atoms with Crippen molar-refractivity contribution in [2.45, 2.75) is 101 Å². The van der Waals surface area contributed by atoms with Gasteiger partial charge in [-0.2, -0.15) is 9.26 Å². The van der Waals surface area contributed by atoms with Crippen LogP contribution in [0.1, 0.15) is 83.7 Å². The van der Waals surface area contributed by atoms with Crippen LogP contribution < -0.4 is 20.1 Å². The summed E-state index contributed by atoms with van der Waals surface area (Å²) in [7, 11) is 0. The molecule has 0 aliphatic heterocycles. The summed E-state index contributed by atoms with van der Waals surface area (Å²) in [6.45, 7) is 21.3. The third kappa shape index (κ3) is 12.5. The number of nitrogens with one attached hydrogen (secondary N) is 4. The van der Waals surface area contributed by atoms with Gasteiger partial charge in [0.05, 0.1) is 22.1 Å². The number of H-pyrrole nitrogens is 2. The molecule has 0 bridgehead atoms. The predicted molar refractivity (Wildman–Crippen MR) is 274 cm³/mol. The fourth-order valence-corrected chi connectivity index (χ4v) is 7.73. The molecule has 0 saturated carbocycles. The number of aromatic amines is 2. The molecular weight excluding hydrogens is 962 g/mol. The van der Waals surface area contributed by atoms with E-state index in [0.717, 1.165) is 39.2 Å². The highest BCUT2D eigenvalue weighted by molar-refractivity contribution is 6.37. The molecule has 0 radical (unpaired) electrons. The number of benzene rings is 4. The molecule has 4 aromatic carbocycles. The second-order valence-corrected chi connectivity index (χ2v) is 18.5. The van der Waals surface area contributed by atoms with Crippen LogP contribution in [0.4, 0.5) is 5.69 Å². The lowest BCUT2D eigenvalue weighted by molar-refractivity contribution is -0.127. The lowest BCUT2D eigenvalue weighted by Gasteiger charge is -2.20. The Morgan fingerprint density at radius 2 is 1.23 bits per heavy atom. The van der Waals surface area contributed by atoms with E-state index >= 15 is 0 Å². The topological polar surface area (TPSA) is 189 Å². The first-order valence-electron chi connectivity index (χ1n) is 22.2. The van der Waals surface area contributed by atoms with Crippen molar-refractivity contribution in [3.8, 4) is 28.6 Å². The summed E-state index contributed by atoms with van der Waals surface area (Å²) in [6, 6.07) is 21.2. The average molecular weight is 1020 g/mol. The molecular formula is C50H56Cl4N10O5. The summed E-state index contributed by atoms with van der Waals surface area (Å²) in [5.74, 6) is 1.83. The smallest absolute Gasteiger partial charge is 0.265 e. The van der Waals surface area contributed by atoms with E-state index in [1.165, 1.54) is 11.6 Å². The van der Waals surface area contributed by atoms with E-state index in [1.54, 1.807) is 23.1 Å². The van der Waals surface area contributed by atoms with Gasteiger partial charge in [0.1, 0.15) is 21.5 Å². The van der Waals surface area contributed by atoms with Gasteiger partial charge in [0.25, 0.3) is 11.8 Å². The molecule has 4 heterocycles. The normalized spacial score (nSPS) is 12.4. The van der Waals surface area contributed by atoms with E-state index in [2.05, 4.69) is 47.9 Å². The van der Waals surface area contributed by atoms with Crippen LogP contribution in [0.2, 0.25) is 20.1 Å². The fourth-order valence-electron chi connectivity index (χ4n) is 6.95. The molecule has 0 aliphatic carbocycles. The van der Waals surface area contributed by atoms with Crippen LogP contribution in [0.25, 0.3) is 22.7 Å². The molecule has 364 valence electrons. The van der Waals surface area contributed by atoms with Crippen LogP contribution in [-0.2, 0) is 9.59 Å². The van der Waals surface area contributed by atoms with Gasteiger partial charge in [-0.15, -0.1) is 10.2 Å². The minimum Gasteiger partial charge on any atom is -0.504 e. The number of halogens is 4. The molecule has 5 N–H and O–H groups in total. The maximum Gasteiger partial charge on any atom is 0.265 e. The number of fused-ring (bicyclic) bond motifs is 2. The van der Waals surface area contributed by atoms with E-state index in [-0.39, 0.29) is 34.2 Å². The number of rotatable bonds is 12. The van der Waals surface area contributed by atoms with Crippen molar-refractivity contribution in [1.29, 1.82) is 0 Å². The third-order valence-corrected chi connectivity index (χ3v) is 12.9. The first-order chi connectivity index (χ1) is 32.6. The van der Waals surface area contributed by atoms with Crippen LogP contribution in [0.3, 0.4) is 0 Å². The number of hydrogen-bond acceptors (Lipinski definition) is 9. The summed E-state index contributed by atoms with van der Waals surface area (Å²) in [6.07, 6.45) is -0.840. The monoisotopic (exact) mass is 1020 g/mol. The Morgan fingerprint density at radius 1 is 0.696 bits per heavy atom. The van der Waals surface area contributed by atoms with Crippen LogP contribution in [0, 0.1) is 55.4 Å². The largest absolute Gasteiger partial charge is 0.504 e. The van der Waals surface area contributed by atoms with E-state index in [1.807, 2.05) is 116 Å². The maximum atomic E-state index is 12.6. The number of nitrogens with zero attached hydrogens (tertiary/aromatic N) is 6. The van der Waals surface area contributed by atoms with Crippen molar-refractivity contribution >= 4 is 75.2 Å². The standard InChI is InChI=1S/C19H21Cl2NO3.C19H24ClN5O2.C12H11ClN4/c1-5-15(25-16-7-6-10(2)8-11(16)3)19(24)22-14-9-13(20)12(4)17(21)18(14)23;1-10-6-7-15(11(2)8-10)27-14(5)19(26)21-9-12(3)17-22-18-16(20)13(4)23-25(18)24-17;1-7-3-5-9(6-4-7)11-14-12-10(13)8(2)15-17(12)16-11/h6-9,15,23H,5H2,1-4H3,(H,22,24);6-8,12,14,23H,9H2,1-5H3,(H,21,26);3-6,15H,1-2H3. The molecule has 15 nitrogen and oxygen atoms in total. The van der Waals surface area contributed by atoms with E-state index < -0.39 is 12.2 Å². The number of aryl methyl sites for hydroxylation is 7. The molecule has 0 saturated heterocycles. The average Bonchev–Trinajstić information content (AvgIpc) is 4.06. The Morgan fingerprint density at radius 3 is 1.77 bits per heavy atom. The number of hydrogen-bond donors (Lipinski definition) is 5. The molecule has 69 heavy (non-hydrogen) atoms. The lowest BCUT2D eigenvalue weighted by atomic mass is 10.1. The molecule has 3 unspecified atom stereocenters. The van der Waals surface area contributed by atoms with Crippen LogP contribution in [0.5, 0.6) is 17.2 Å². The number of anilines is 1. The molecule has 0 fully saturated rings. The fraction of sp³-hybridized carbons (Fsp3) is 0.320. The summed E-state index contributed by atoms with van der Waals surface area (Å²) >= 11 is 24.4. The molecule has 4 aromatic heterocycles. The zero-order chi connectivity index (χ0) is 50.4. The second-order valence-electron chi connectivity index (χ2n) is 17.0. The Balaban J connectivity index is 0.000000174. The minimum absolute atomic E-state index is 0.0630. The number of carbonyl (C=O) groups is 2. The first-order valence-corrected chi connectivity index (χ1v) is 23.7. The molecule has 0 spiro atoms. The van der Waals surface area contributed by atoms with Gasteiger partial charge in [-0.25, -0.2) is 9.97 Å². The highest BCUT2D eigenvalue weighted by atomic mass is 35.5. The Labute approximate surface area is 420 Å². The van der Waals surface area contributed by atoms with Crippen molar-refractivity contribution in [1.82, 2.24) is 44.9 Å². The maximum absolute atomic E-state index is 12.6. The van der Waals surface area contributed by atoms with Gasteiger partial charge in [0.15, 0.2) is 40.9 Å². The summed E-state index contributed by atoms with van der Waals surface area (Å²) in [4.78, 5) is 33.8. The summed E-state index contributed by atoms with van der Waals surface area (Å²) in [5, 5.41) is 32.1. The van der Waals surface area contributed by atoms with Gasteiger partial charge in [-0.05, 0) is 104 Å². The van der Waals surface area contributed by atoms with Gasteiger partial charge >= 0.3 is 0 Å². The highest BCUT2D eigenvalue weighted by Crippen LogP contribution is 2.39. The predicted octanol–water partition coefficient (Wildman–Crippen LogP) is 11.7. The summed E-state index contributed by atoms with van der Waals surface area (Å²) in [5.41, 5.74) is 10.1. The lowest BCUT2D eigenvalue weighted by Crippen LogP contribution is -2.38. The number of aromatic nitrogens is 8. The second kappa shape index (κ2) is 22.4. The molecule has 2 amide bonds. The molecule has 8 aromatic rings. The van der Waals surface area contributed by atoms with Gasteiger partial charge in [-0.3, -0.25) is 19.8 Å². The van der Waals surface area contributed by atoms with Crippen molar-refractivity contribution in [2.24, 2.45) is 0 Å². The first kappa shape index (κ1) is 52.1. The van der Waals surface area contributed by atoms with E-state index in [9.17, 15) is 14.7 Å². The number of ether oxygens (including phenoxy) is 2. The zero-order valence-electron chi connectivity index (χ0n) is 40.3. The molecule has 3 atom stereocenters. The van der Waals surface area contributed by atoms with E-state index in [4.69, 9.17) is 55.9 Å². The third-order valence-electron chi connectivity index (χ3n) is 11.1. The van der Waals surface area contributed by atoms with Crippen LogP contribution >= 0.6 is 46.4 Å². The van der Waals surface area contributed by atoms with Crippen LogP contribution in [-0.4, -0.2) is 75.3 Å². The minimum atomic E-state index is -0.709. The van der Waals surface area contributed by atoms with Gasteiger partial charge in [0.2, 0.25) is 0 Å². The number of aromatic hydroxyl groups is 1. The highest BCUT2D eigenvalue weighted by Gasteiger charge is 2.23. The number of amides is 2. The Bertz CT molecular complexity index is 3120. The SMILES string of the molecule is CCC(Oc1ccc(C)cc1C)C(=O)Nc1cc(Cl)c(C)c(Cl)c1O.Cc1ccc(-c2nc3c(Cl)c(C)[nH]n3n2)cc1.Cc1ccc(OC(C)C(=O)NCC(C)c2nc3c(Cl)c(C)[nH]n3n2)c(C)c1. The van der Waals surface area contributed by atoms with Crippen molar-refractivity contribution < 1.29 is 24.2 Å². The quantitative estimate of drug-likeness (QED) is 0.0742. The number of phenolic OH excluding ortho intramolecular Hbond substituents is 1. The number of carbonyl (C=O) groups excluding carboxylic acids is 2. The van der Waals surface area contributed by atoms with Gasteiger partial charge < -0.3 is 25.2 Å². The van der Waals surface area contributed by atoms with Crippen molar-refractivity contribution in [2.75, 3.05) is 11.9 Å². The Hall–Kier alpha value is -6.26. The zero-order valence-corrected chi connectivity index (χ0v) is 43.3. The Kier molecular flexibility index (Phi) is 17.0. The van der Waals surface area contributed by atoms with Crippen LogP contribution in [0.15, 0.2) is 66.7 Å². The van der Waals surface area contributed by atoms with Crippen molar-refractivity contribution in [3.63, 3.8) is 0 Å². The van der Waals surface area contributed by atoms with E-state index in [0.29, 0.717) is 68.0 Å². The van der Waals surface area contributed by atoms with Gasteiger partial charge in [-0.1, -0.05) is 125 Å². The summed E-state index contributed by atoms with van der Waals surface area (Å²) < 4.78 is 14.8. The van der Waals surface area contributed by atoms with Gasteiger partial charge in [0, 0.05) is 23.0 Å². The molecule has 19 heteroatoms. The number of phenols is 1. The molecule has 0 aliphatic rings.